The van der Waals surface area contributed by atoms with Gasteiger partial charge in [0, 0.05) is 31.1 Å². The summed E-state index contributed by atoms with van der Waals surface area (Å²) in [5.41, 5.74) is 0.912. The smallest absolute Gasteiger partial charge is 0.219 e. The third-order valence-corrected chi connectivity index (χ3v) is 4.83. The van der Waals surface area contributed by atoms with E-state index in [0.29, 0.717) is 27.6 Å². The Morgan fingerprint density at radius 2 is 1.84 bits per heavy atom. The van der Waals surface area contributed by atoms with Crippen LogP contribution in [0, 0.1) is 0 Å². The lowest BCUT2D eigenvalue weighted by Gasteiger charge is -2.32. The molecule has 1 saturated heterocycles. The zero-order valence-corrected chi connectivity index (χ0v) is 15.5. The van der Waals surface area contributed by atoms with Gasteiger partial charge in [-0.1, -0.05) is 35.3 Å². The van der Waals surface area contributed by atoms with Crippen LogP contribution in [-0.4, -0.2) is 29.9 Å². The van der Waals surface area contributed by atoms with Gasteiger partial charge >= 0.3 is 0 Å². The van der Waals surface area contributed by atoms with Crippen LogP contribution in [0.25, 0.3) is 0 Å². The summed E-state index contributed by atoms with van der Waals surface area (Å²) in [5, 5.41) is 4.57. The highest BCUT2D eigenvalue weighted by molar-refractivity contribution is 6.35. The topological polar surface area (TPSA) is 41.6 Å². The summed E-state index contributed by atoms with van der Waals surface area (Å²) < 4.78 is 5.98. The van der Waals surface area contributed by atoms with Gasteiger partial charge in [0.15, 0.2) is 5.75 Å². The minimum absolute atomic E-state index is 0.138. The molecule has 0 radical (unpaired) electrons. The van der Waals surface area contributed by atoms with Crippen LogP contribution in [0.5, 0.6) is 11.5 Å². The highest BCUT2D eigenvalue weighted by Crippen LogP contribution is 2.35. The molecule has 1 aliphatic rings. The molecule has 2 aromatic carbocycles. The summed E-state index contributed by atoms with van der Waals surface area (Å²) in [4.78, 5) is 13.3. The number of anilines is 1. The maximum atomic E-state index is 11.4. The zero-order valence-electron chi connectivity index (χ0n) is 14.0. The van der Waals surface area contributed by atoms with Crippen molar-refractivity contribution in [3.8, 4) is 11.5 Å². The first-order valence-electron chi connectivity index (χ1n) is 8.27. The van der Waals surface area contributed by atoms with Crippen LogP contribution in [0.15, 0.2) is 42.5 Å². The van der Waals surface area contributed by atoms with E-state index in [2.05, 4.69) is 5.32 Å². The molecule has 1 amide bonds. The lowest BCUT2D eigenvalue weighted by atomic mass is 10.0. The molecule has 1 fully saturated rings. The Kier molecular flexibility index (Phi) is 5.71. The molecule has 0 unspecified atom stereocenters. The number of nitrogens with zero attached hydrogens (tertiary/aromatic N) is 1. The second-order valence-corrected chi connectivity index (χ2v) is 6.94. The van der Waals surface area contributed by atoms with E-state index in [9.17, 15) is 4.79 Å². The van der Waals surface area contributed by atoms with Gasteiger partial charge < -0.3 is 15.0 Å². The fourth-order valence-corrected chi connectivity index (χ4v) is 3.36. The van der Waals surface area contributed by atoms with Crippen molar-refractivity contribution in [1.82, 2.24) is 4.90 Å². The molecule has 4 nitrogen and oxygen atoms in total. The van der Waals surface area contributed by atoms with Gasteiger partial charge in [-0.05, 0) is 43.2 Å². The Bertz CT molecular complexity index is 759. The fourth-order valence-electron chi connectivity index (χ4n) is 2.91. The van der Waals surface area contributed by atoms with Crippen molar-refractivity contribution in [2.24, 2.45) is 0 Å². The fraction of sp³-hybridized carbons (Fsp3) is 0.316. The second-order valence-electron chi connectivity index (χ2n) is 6.10. The number of amides is 1. The average molecular weight is 379 g/mol. The number of rotatable bonds is 4. The predicted octanol–water partition coefficient (Wildman–Crippen LogP) is 5.21. The number of hydrogen-bond acceptors (Lipinski definition) is 3. The number of nitrogens with one attached hydrogen (secondary N) is 1. The summed E-state index contributed by atoms with van der Waals surface area (Å²) >= 11 is 12.1. The number of benzene rings is 2. The molecule has 0 bridgehead atoms. The molecule has 6 heteroatoms. The largest absolute Gasteiger partial charge is 0.454 e. The highest BCUT2D eigenvalue weighted by Gasteiger charge is 2.21. The Labute approximate surface area is 157 Å². The number of carbonyl (C=O) groups is 1. The third kappa shape index (κ3) is 4.59. The van der Waals surface area contributed by atoms with Gasteiger partial charge in [-0.25, -0.2) is 0 Å². The summed E-state index contributed by atoms with van der Waals surface area (Å²) in [6.45, 7) is 3.17. The summed E-state index contributed by atoms with van der Waals surface area (Å²) in [5.74, 6) is 1.41. The standard InChI is InChI=1S/C19H20Cl2N2O2/c1-13(24)23-10-8-15(9-11-23)22-17-4-2-3-5-19(17)25-18-7-6-14(20)12-16(18)21/h2-7,12,15,22H,8-11H2,1H3. The molecule has 0 aliphatic carbocycles. The maximum Gasteiger partial charge on any atom is 0.219 e. The van der Waals surface area contributed by atoms with Crippen LogP contribution >= 0.6 is 23.2 Å². The lowest BCUT2D eigenvalue weighted by Crippen LogP contribution is -2.41. The van der Waals surface area contributed by atoms with Gasteiger partial charge in [0.25, 0.3) is 0 Å². The summed E-state index contributed by atoms with van der Waals surface area (Å²) in [6.07, 6.45) is 1.82. The first-order valence-corrected chi connectivity index (χ1v) is 9.02. The highest BCUT2D eigenvalue weighted by atomic mass is 35.5. The van der Waals surface area contributed by atoms with Crippen molar-refractivity contribution in [3.63, 3.8) is 0 Å². The Balaban J connectivity index is 1.70. The Morgan fingerprint density at radius 1 is 1.12 bits per heavy atom. The van der Waals surface area contributed by atoms with Gasteiger partial charge in [-0.15, -0.1) is 0 Å². The number of halogens is 2. The van der Waals surface area contributed by atoms with E-state index < -0.39 is 0 Å². The van der Waals surface area contributed by atoms with Crippen LogP contribution in [-0.2, 0) is 4.79 Å². The minimum atomic E-state index is 0.138. The van der Waals surface area contributed by atoms with E-state index in [1.54, 1.807) is 25.1 Å². The Morgan fingerprint density at radius 3 is 2.52 bits per heavy atom. The van der Waals surface area contributed by atoms with E-state index in [-0.39, 0.29) is 5.91 Å². The monoisotopic (exact) mass is 378 g/mol. The SMILES string of the molecule is CC(=O)N1CCC(Nc2ccccc2Oc2ccc(Cl)cc2Cl)CC1. The normalized spacial score (nSPS) is 15.1. The zero-order chi connectivity index (χ0) is 17.8. The number of ether oxygens (including phenoxy) is 1. The van der Waals surface area contributed by atoms with E-state index in [0.717, 1.165) is 31.6 Å². The van der Waals surface area contributed by atoms with Crippen LogP contribution < -0.4 is 10.1 Å². The molecule has 1 N–H and O–H groups in total. The number of hydrogen-bond donors (Lipinski definition) is 1. The van der Waals surface area contributed by atoms with E-state index in [1.807, 2.05) is 29.2 Å². The molecule has 3 rings (SSSR count). The van der Waals surface area contributed by atoms with Crippen molar-refractivity contribution in [3.05, 3.63) is 52.5 Å². The first-order chi connectivity index (χ1) is 12.0. The Hall–Kier alpha value is -1.91. The van der Waals surface area contributed by atoms with Gasteiger partial charge in [0.1, 0.15) is 5.75 Å². The summed E-state index contributed by atoms with van der Waals surface area (Å²) in [7, 11) is 0. The van der Waals surface area contributed by atoms with Crippen LogP contribution in [0.4, 0.5) is 5.69 Å². The predicted molar refractivity (Wildman–Crippen MR) is 102 cm³/mol. The first kappa shape index (κ1) is 17.9. The molecule has 0 saturated carbocycles. The summed E-state index contributed by atoms with van der Waals surface area (Å²) in [6, 6.07) is 13.2. The number of piperidine rings is 1. The third-order valence-electron chi connectivity index (χ3n) is 4.30. The average Bonchev–Trinajstić information content (AvgIpc) is 2.59. The molecular formula is C19H20Cl2N2O2. The van der Waals surface area contributed by atoms with Crippen molar-refractivity contribution in [1.29, 1.82) is 0 Å². The molecule has 1 heterocycles. The van der Waals surface area contributed by atoms with E-state index >= 15 is 0 Å². The van der Waals surface area contributed by atoms with Gasteiger partial charge in [-0.3, -0.25) is 4.79 Å². The molecule has 1 aliphatic heterocycles. The molecule has 2 aromatic rings. The van der Waals surface area contributed by atoms with Gasteiger partial charge in [0.2, 0.25) is 5.91 Å². The van der Waals surface area contributed by atoms with Gasteiger partial charge in [0.05, 0.1) is 10.7 Å². The number of likely N-dealkylation sites (tertiary alicyclic amines) is 1. The minimum Gasteiger partial charge on any atom is -0.454 e. The molecule has 0 spiro atoms. The van der Waals surface area contributed by atoms with Crippen molar-refractivity contribution < 1.29 is 9.53 Å². The van der Waals surface area contributed by atoms with Crippen molar-refractivity contribution in [2.75, 3.05) is 18.4 Å². The van der Waals surface area contributed by atoms with Crippen LogP contribution in [0.2, 0.25) is 10.0 Å². The molecular weight excluding hydrogens is 359 g/mol. The second kappa shape index (κ2) is 7.98. The van der Waals surface area contributed by atoms with Crippen molar-refractivity contribution in [2.45, 2.75) is 25.8 Å². The van der Waals surface area contributed by atoms with E-state index in [1.165, 1.54) is 0 Å². The van der Waals surface area contributed by atoms with Crippen LogP contribution in [0.3, 0.4) is 0 Å². The van der Waals surface area contributed by atoms with Gasteiger partial charge in [-0.2, -0.15) is 0 Å². The molecule has 0 aromatic heterocycles. The maximum absolute atomic E-state index is 11.4. The van der Waals surface area contributed by atoms with E-state index in [4.69, 9.17) is 27.9 Å². The van der Waals surface area contributed by atoms with Crippen molar-refractivity contribution >= 4 is 34.8 Å². The number of para-hydroxylation sites is 2. The lowest BCUT2D eigenvalue weighted by molar-refractivity contribution is -0.129. The van der Waals surface area contributed by atoms with Crippen LogP contribution in [0.1, 0.15) is 19.8 Å². The molecule has 0 atom stereocenters. The quantitative estimate of drug-likeness (QED) is 0.793. The molecule has 132 valence electrons. The molecule has 25 heavy (non-hydrogen) atoms. The number of carbonyl (C=O) groups excluding carboxylic acids is 1.